The first-order chi connectivity index (χ1) is 10.4. The van der Waals surface area contributed by atoms with Gasteiger partial charge in [0, 0.05) is 11.6 Å². The number of rotatable bonds is 3. The van der Waals surface area contributed by atoms with E-state index in [4.69, 9.17) is 23.1 Å². The van der Waals surface area contributed by atoms with Crippen LogP contribution >= 0.6 is 12.2 Å². The van der Waals surface area contributed by atoms with Crippen LogP contribution in [0.1, 0.15) is 45.6 Å². The number of benzene rings is 1. The third-order valence-electron chi connectivity index (χ3n) is 4.48. The summed E-state index contributed by atoms with van der Waals surface area (Å²) in [5.41, 5.74) is 9.32. The molecule has 1 aliphatic carbocycles. The zero-order valence-corrected chi connectivity index (χ0v) is 14.9. The average molecular weight is 318 g/mol. The van der Waals surface area contributed by atoms with E-state index in [0.29, 0.717) is 22.9 Å². The Labute approximate surface area is 139 Å². The Morgan fingerprint density at radius 2 is 1.91 bits per heavy atom. The van der Waals surface area contributed by atoms with E-state index < -0.39 is 0 Å². The highest BCUT2D eigenvalue weighted by molar-refractivity contribution is 7.80. The van der Waals surface area contributed by atoms with Gasteiger partial charge in [0.15, 0.2) is 5.11 Å². The second kappa shape index (κ2) is 7.23. The van der Waals surface area contributed by atoms with Gasteiger partial charge in [-0.15, -0.1) is 0 Å². The molecule has 3 nitrogen and oxygen atoms in total. The monoisotopic (exact) mass is 317 g/mol. The number of aryl methyl sites for hydroxylation is 1. The van der Waals surface area contributed by atoms with Gasteiger partial charge >= 0.3 is 0 Å². The van der Waals surface area contributed by atoms with E-state index in [1.165, 1.54) is 24.1 Å². The third-order valence-corrected chi connectivity index (χ3v) is 4.65. The number of thiocarbonyl (C=S) groups is 1. The first kappa shape index (κ1) is 16.9. The van der Waals surface area contributed by atoms with Crippen LogP contribution in [0.5, 0.6) is 0 Å². The van der Waals surface area contributed by atoms with Gasteiger partial charge < -0.3 is 5.73 Å². The SMILES string of the molecule is Cc1ccc(N(/N=C2\CC(C)CCC2C(C)C)C(N)=S)cc1. The van der Waals surface area contributed by atoms with Crippen molar-refractivity contribution in [3.8, 4) is 0 Å². The van der Waals surface area contributed by atoms with Gasteiger partial charge in [-0.05, 0) is 62.4 Å². The van der Waals surface area contributed by atoms with E-state index in [1.54, 1.807) is 5.01 Å². The summed E-state index contributed by atoms with van der Waals surface area (Å²) in [5, 5.41) is 6.89. The van der Waals surface area contributed by atoms with Crippen molar-refractivity contribution in [2.45, 2.75) is 47.0 Å². The summed E-state index contributed by atoms with van der Waals surface area (Å²) in [4.78, 5) is 0. The molecule has 2 atom stereocenters. The van der Waals surface area contributed by atoms with E-state index >= 15 is 0 Å². The van der Waals surface area contributed by atoms with E-state index in [2.05, 4.69) is 39.8 Å². The van der Waals surface area contributed by atoms with Crippen LogP contribution in [-0.4, -0.2) is 10.8 Å². The van der Waals surface area contributed by atoms with Crippen molar-refractivity contribution in [2.24, 2.45) is 28.6 Å². The fraction of sp³-hybridized carbons (Fsp3) is 0.556. The minimum absolute atomic E-state index is 0.303. The zero-order valence-electron chi connectivity index (χ0n) is 14.0. The van der Waals surface area contributed by atoms with E-state index in [-0.39, 0.29) is 0 Å². The van der Waals surface area contributed by atoms with E-state index in [9.17, 15) is 0 Å². The topological polar surface area (TPSA) is 41.6 Å². The molecule has 2 N–H and O–H groups in total. The molecule has 0 bridgehead atoms. The second-order valence-electron chi connectivity index (χ2n) is 6.81. The standard InChI is InChI=1S/C18H27N3S/c1-12(2)16-10-7-14(4)11-17(16)20-21(18(19)22)15-8-5-13(3)6-9-15/h5-6,8-9,12,14,16H,7,10-11H2,1-4H3,(H2,19,22)/b20-17+. The second-order valence-corrected chi connectivity index (χ2v) is 7.23. The lowest BCUT2D eigenvalue weighted by molar-refractivity contribution is 0.364. The lowest BCUT2D eigenvalue weighted by atomic mass is 9.76. The van der Waals surface area contributed by atoms with Gasteiger partial charge in [0.1, 0.15) is 0 Å². The highest BCUT2D eigenvalue weighted by Crippen LogP contribution is 2.32. The van der Waals surface area contributed by atoms with Gasteiger partial charge in [0.25, 0.3) is 0 Å². The summed E-state index contributed by atoms with van der Waals surface area (Å²) < 4.78 is 0. The van der Waals surface area contributed by atoms with Crippen LogP contribution in [-0.2, 0) is 0 Å². The number of hydrogen-bond acceptors (Lipinski definition) is 2. The van der Waals surface area contributed by atoms with Crippen LogP contribution in [0.2, 0.25) is 0 Å². The van der Waals surface area contributed by atoms with Gasteiger partial charge in [0.05, 0.1) is 5.69 Å². The van der Waals surface area contributed by atoms with Gasteiger partial charge in [-0.2, -0.15) is 5.10 Å². The summed E-state index contributed by atoms with van der Waals surface area (Å²) in [6, 6.07) is 8.17. The normalized spacial score (nSPS) is 23.8. The summed E-state index contributed by atoms with van der Waals surface area (Å²) in [5.74, 6) is 1.80. The molecule has 2 unspecified atom stereocenters. The summed E-state index contributed by atoms with van der Waals surface area (Å²) in [6.07, 6.45) is 3.52. The molecule has 0 aromatic heterocycles. The number of anilines is 1. The Hall–Kier alpha value is -1.42. The molecule has 4 heteroatoms. The quantitative estimate of drug-likeness (QED) is 0.659. The Morgan fingerprint density at radius 1 is 1.27 bits per heavy atom. The largest absolute Gasteiger partial charge is 0.374 e. The van der Waals surface area contributed by atoms with Gasteiger partial charge in [0.2, 0.25) is 0 Å². The Balaban J connectivity index is 2.34. The first-order valence-electron chi connectivity index (χ1n) is 8.12. The molecule has 2 rings (SSSR count). The maximum absolute atomic E-state index is 5.93. The van der Waals surface area contributed by atoms with Crippen molar-refractivity contribution < 1.29 is 0 Å². The smallest absolute Gasteiger partial charge is 0.191 e. The van der Waals surface area contributed by atoms with Crippen molar-refractivity contribution in [2.75, 3.05) is 5.01 Å². The van der Waals surface area contributed by atoms with Gasteiger partial charge in [-0.25, -0.2) is 5.01 Å². The highest BCUT2D eigenvalue weighted by Gasteiger charge is 2.28. The van der Waals surface area contributed by atoms with Crippen LogP contribution < -0.4 is 10.7 Å². The number of hydrazone groups is 1. The van der Waals surface area contributed by atoms with Gasteiger partial charge in [-0.3, -0.25) is 0 Å². The van der Waals surface area contributed by atoms with Crippen molar-refractivity contribution >= 4 is 28.7 Å². The summed E-state index contributed by atoms with van der Waals surface area (Å²) in [6.45, 7) is 8.90. The maximum atomic E-state index is 5.93. The minimum Gasteiger partial charge on any atom is -0.374 e. The molecule has 1 aromatic carbocycles. The molecule has 120 valence electrons. The predicted octanol–water partition coefficient (Wildman–Crippen LogP) is 4.49. The molecule has 0 heterocycles. The molecule has 0 aliphatic heterocycles. The molecule has 22 heavy (non-hydrogen) atoms. The average Bonchev–Trinajstić information content (AvgIpc) is 2.45. The molecule has 1 fully saturated rings. The lowest BCUT2D eigenvalue weighted by Crippen LogP contribution is -2.36. The number of hydrogen-bond donors (Lipinski definition) is 1. The van der Waals surface area contributed by atoms with E-state index in [0.717, 1.165) is 12.1 Å². The molecule has 1 saturated carbocycles. The number of nitrogens with zero attached hydrogens (tertiary/aromatic N) is 2. The Morgan fingerprint density at radius 3 is 2.45 bits per heavy atom. The molecule has 1 aliphatic rings. The molecular formula is C18H27N3S. The molecule has 1 aromatic rings. The van der Waals surface area contributed by atoms with Gasteiger partial charge in [-0.1, -0.05) is 38.5 Å². The minimum atomic E-state index is 0.303. The summed E-state index contributed by atoms with van der Waals surface area (Å²) >= 11 is 5.23. The van der Waals surface area contributed by atoms with Crippen LogP contribution in [0.4, 0.5) is 5.69 Å². The van der Waals surface area contributed by atoms with Crippen LogP contribution in [0.3, 0.4) is 0 Å². The lowest BCUT2D eigenvalue weighted by Gasteiger charge is -2.32. The van der Waals surface area contributed by atoms with Crippen molar-refractivity contribution in [1.29, 1.82) is 0 Å². The van der Waals surface area contributed by atoms with Crippen molar-refractivity contribution in [3.05, 3.63) is 29.8 Å². The zero-order chi connectivity index (χ0) is 16.3. The fourth-order valence-electron chi connectivity index (χ4n) is 3.12. The van der Waals surface area contributed by atoms with Crippen molar-refractivity contribution in [3.63, 3.8) is 0 Å². The predicted molar refractivity (Wildman–Crippen MR) is 99.2 cm³/mol. The van der Waals surface area contributed by atoms with Crippen molar-refractivity contribution in [1.82, 2.24) is 0 Å². The van der Waals surface area contributed by atoms with Crippen LogP contribution in [0.15, 0.2) is 29.4 Å². The third kappa shape index (κ3) is 4.07. The van der Waals surface area contributed by atoms with Crippen LogP contribution in [0, 0.1) is 24.7 Å². The molecule has 0 saturated heterocycles. The maximum Gasteiger partial charge on any atom is 0.191 e. The molecule has 0 spiro atoms. The summed E-state index contributed by atoms with van der Waals surface area (Å²) in [7, 11) is 0. The Bertz CT molecular complexity index is 548. The highest BCUT2D eigenvalue weighted by atomic mass is 32.1. The Kier molecular flexibility index (Phi) is 5.57. The molecule has 0 amide bonds. The fourth-order valence-corrected chi connectivity index (χ4v) is 3.27. The first-order valence-corrected chi connectivity index (χ1v) is 8.53. The van der Waals surface area contributed by atoms with E-state index in [1.807, 2.05) is 12.1 Å². The molecular weight excluding hydrogens is 290 g/mol. The molecule has 0 radical (unpaired) electrons. The number of nitrogens with two attached hydrogens (primary N) is 1. The van der Waals surface area contributed by atoms with Crippen LogP contribution in [0.25, 0.3) is 0 Å².